The van der Waals surface area contributed by atoms with Crippen molar-refractivity contribution in [3.05, 3.63) is 59.4 Å². The minimum absolute atomic E-state index is 0.0361. The molecule has 0 aliphatic carbocycles. The van der Waals surface area contributed by atoms with Crippen molar-refractivity contribution in [2.75, 3.05) is 11.5 Å². The highest BCUT2D eigenvalue weighted by Gasteiger charge is 2.55. The number of nitrogens with zero attached hydrogens (tertiary/aromatic N) is 6. The molecule has 2 aliphatic heterocycles. The molecule has 2 aromatic carbocycles. The minimum atomic E-state index is -0.913. The number of fused-ring (bicyclic) bond motifs is 1. The molecule has 0 unspecified atom stereocenters. The fourth-order valence-corrected chi connectivity index (χ4v) is 3.86. The van der Waals surface area contributed by atoms with E-state index in [0.29, 0.717) is 34.5 Å². The second kappa shape index (κ2) is 8.04. The molecular weight excluding hydrogens is 436 g/mol. The van der Waals surface area contributed by atoms with Gasteiger partial charge in [-0.25, -0.2) is 4.90 Å². The molecule has 2 amide bonds. The number of carbonyl (C=O) groups excluding carboxylic acids is 2. The van der Waals surface area contributed by atoms with E-state index in [0.717, 1.165) is 4.90 Å². The second-order valence-electron chi connectivity index (χ2n) is 7.15. The first-order valence-corrected chi connectivity index (χ1v) is 10.3. The second-order valence-corrected chi connectivity index (χ2v) is 7.59. The van der Waals surface area contributed by atoms with E-state index in [1.54, 1.807) is 48.5 Å². The fourth-order valence-electron chi connectivity index (χ4n) is 3.67. The van der Waals surface area contributed by atoms with Gasteiger partial charge in [0.05, 0.1) is 12.3 Å². The molecule has 2 atom stereocenters. The van der Waals surface area contributed by atoms with E-state index in [1.165, 1.54) is 5.01 Å². The van der Waals surface area contributed by atoms with Gasteiger partial charge in [-0.05, 0) is 43.3 Å². The minimum Gasteiger partial charge on any atom is -0.494 e. The van der Waals surface area contributed by atoms with Gasteiger partial charge < -0.3 is 9.26 Å². The molecular formula is C21H17ClN6O4. The van der Waals surface area contributed by atoms with Gasteiger partial charge in [0.25, 0.3) is 11.8 Å². The molecule has 32 heavy (non-hydrogen) atoms. The maximum absolute atomic E-state index is 13.1. The Morgan fingerprint density at radius 1 is 1.12 bits per heavy atom. The van der Waals surface area contributed by atoms with Gasteiger partial charge in [0.15, 0.2) is 12.1 Å². The summed E-state index contributed by atoms with van der Waals surface area (Å²) in [4.78, 5) is 31.4. The van der Waals surface area contributed by atoms with Crippen molar-refractivity contribution in [2.24, 2.45) is 10.3 Å². The van der Waals surface area contributed by atoms with Gasteiger partial charge in [-0.3, -0.25) is 14.6 Å². The van der Waals surface area contributed by atoms with E-state index in [1.807, 2.05) is 6.92 Å². The van der Waals surface area contributed by atoms with Crippen LogP contribution in [0.3, 0.4) is 0 Å². The standard InChI is InChI=1S/C21H17ClN6O4/c1-2-31-15-8-6-14(7-9-15)28-20(29)17-18(21(28)30)27(26-24-17)11-16-23-19(25-32-16)12-4-3-5-13(22)10-12/h3-10,17-18H,2,11H2,1H3/t17-,18-/m0/s1. The molecule has 162 valence electrons. The number of aromatic nitrogens is 2. The van der Waals surface area contributed by atoms with Crippen LogP contribution in [0.2, 0.25) is 5.02 Å². The SMILES string of the molecule is CCOc1ccc(N2C(=O)[C@H]3N=NN(Cc4nc(-c5cccc(Cl)c5)no4)[C@@H]3C2=O)cc1. The molecule has 10 nitrogen and oxygen atoms in total. The Bertz CT molecular complexity index is 1210. The topological polar surface area (TPSA) is 113 Å². The van der Waals surface area contributed by atoms with Crippen LogP contribution in [-0.2, 0) is 16.1 Å². The summed E-state index contributed by atoms with van der Waals surface area (Å²) >= 11 is 6.02. The van der Waals surface area contributed by atoms with Crippen LogP contribution in [0.15, 0.2) is 63.4 Å². The van der Waals surface area contributed by atoms with Crippen molar-refractivity contribution >= 4 is 29.1 Å². The van der Waals surface area contributed by atoms with Crippen molar-refractivity contribution in [2.45, 2.75) is 25.6 Å². The molecule has 1 saturated heterocycles. The quantitative estimate of drug-likeness (QED) is 0.527. The van der Waals surface area contributed by atoms with Crippen molar-refractivity contribution in [1.82, 2.24) is 15.1 Å². The third-order valence-corrected chi connectivity index (χ3v) is 5.35. The Labute approximate surface area is 187 Å². The zero-order valence-corrected chi connectivity index (χ0v) is 17.6. The smallest absolute Gasteiger partial charge is 0.263 e. The molecule has 0 radical (unpaired) electrons. The molecule has 0 spiro atoms. The first-order valence-electron chi connectivity index (χ1n) is 9.92. The number of rotatable bonds is 6. The normalized spacial score (nSPS) is 19.7. The van der Waals surface area contributed by atoms with E-state index >= 15 is 0 Å². The largest absolute Gasteiger partial charge is 0.494 e. The van der Waals surface area contributed by atoms with Gasteiger partial charge in [-0.2, -0.15) is 10.1 Å². The number of hydrogen-bond acceptors (Lipinski definition) is 9. The lowest BCUT2D eigenvalue weighted by Crippen LogP contribution is -2.39. The van der Waals surface area contributed by atoms with Gasteiger partial charge >= 0.3 is 0 Å². The van der Waals surface area contributed by atoms with E-state index < -0.39 is 23.9 Å². The molecule has 0 bridgehead atoms. The summed E-state index contributed by atoms with van der Waals surface area (Å²) in [6.45, 7) is 2.44. The van der Waals surface area contributed by atoms with Crippen LogP contribution in [-0.4, -0.2) is 45.7 Å². The van der Waals surface area contributed by atoms with Crippen LogP contribution >= 0.6 is 11.6 Å². The first-order chi connectivity index (χ1) is 15.5. The predicted molar refractivity (Wildman–Crippen MR) is 113 cm³/mol. The first kappa shape index (κ1) is 20.1. The summed E-state index contributed by atoms with van der Waals surface area (Å²) in [6.07, 6.45) is 0. The lowest BCUT2D eigenvalue weighted by atomic mass is 10.1. The third-order valence-electron chi connectivity index (χ3n) is 5.11. The average molecular weight is 453 g/mol. The zero-order valence-electron chi connectivity index (χ0n) is 16.9. The van der Waals surface area contributed by atoms with Crippen LogP contribution in [0.1, 0.15) is 12.8 Å². The van der Waals surface area contributed by atoms with E-state index in [-0.39, 0.29) is 12.4 Å². The maximum atomic E-state index is 13.1. The lowest BCUT2D eigenvalue weighted by Gasteiger charge is -2.19. The predicted octanol–water partition coefficient (Wildman–Crippen LogP) is 3.28. The summed E-state index contributed by atoms with van der Waals surface area (Å²) in [5.41, 5.74) is 1.15. The zero-order chi connectivity index (χ0) is 22.2. The van der Waals surface area contributed by atoms with E-state index in [9.17, 15) is 9.59 Å². The number of ether oxygens (including phenoxy) is 1. The number of benzene rings is 2. The molecule has 5 rings (SSSR count). The highest BCUT2D eigenvalue weighted by Crippen LogP contribution is 2.33. The number of hydrogen-bond donors (Lipinski definition) is 0. The van der Waals surface area contributed by atoms with Crippen molar-refractivity contribution < 1.29 is 18.8 Å². The molecule has 3 heterocycles. The number of imide groups is 1. The molecule has 3 aromatic rings. The molecule has 11 heteroatoms. The number of anilines is 1. The Morgan fingerprint density at radius 3 is 2.69 bits per heavy atom. The van der Waals surface area contributed by atoms with Crippen molar-refractivity contribution in [3.63, 3.8) is 0 Å². The third kappa shape index (κ3) is 3.48. The average Bonchev–Trinajstić information content (AvgIpc) is 3.48. The summed E-state index contributed by atoms with van der Waals surface area (Å²) in [6, 6.07) is 12.0. The summed E-state index contributed by atoms with van der Waals surface area (Å²) in [5, 5.41) is 13.9. The molecule has 0 N–H and O–H groups in total. The molecule has 0 saturated carbocycles. The summed E-state index contributed by atoms with van der Waals surface area (Å²) in [5.74, 6) is 0.410. The molecule has 2 aliphatic rings. The van der Waals surface area contributed by atoms with Gasteiger partial charge in [-0.1, -0.05) is 34.1 Å². The van der Waals surface area contributed by atoms with Crippen LogP contribution in [0.25, 0.3) is 11.4 Å². The summed E-state index contributed by atoms with van der Waals surface area (Å²) < 4.78 is 10.7. The number of amides is 2. The van der Waals surface area contributed by atoms with Crippen LogP contribution in [0.4, 0.5) is 5.69 Å². The van der Waals surface area contributed by atoms with Gasteiger partial charge in [0.2, 0.25) is 11.7 Å². The highest BCUT2D eigenvalue weighted by atomic mass is 35.5. The van der Waals surface area contributed by atoms with Gasteiger partial charge in [0.1, 0.15) is 12.3 Å². The number of carbonyl (C=O) groups is 2. The maximum Gasteiger partial charge on any atom is 0.263 e. The van der Waals surface area contributed by atoms with E-state index in [4.69, 9.17) is 20.9 Å². The Balaban J connectivity index is 1.34. The van der Waals surface area contributed by atoms with Gasteiger partial charge in [0, 0.05) is 10.6 Å². The Hall–Kier alpha value is -3.79. The van der Waals surface area contributed by atoms with Crippen molar-refractivity contribution in [3.8, 4) is 17.1 Å². The summed E-state index contributed by atoms with van der Waals surface area (Å²) in [7, 11) is 0. The van der Waals surface area contributed by atoms with E-state index in [2.05, 4.69) is 20.5 Å². The Morgan fingerprint density at radius 2 is 1.94 bits per heavy atom. The highest BCUT2D eigenvalue weighted by molar-refractivity contribution is 6.30. The Kier molecular flexibility index (Phi) is 5.06. The van der Waals surface area contributed by atoms with Crippen molar-refractivity contribution in [1.29, 1.82) is 0 Å². The molecule has 1 fully saturated rings. The number of halogens is 1. The van der Waals surface area contributed by atoms with Gasteiger partial charge in [-0.15, -0.1) is 0 Å². The van der Waals surface area contributed by atoms with Crippen LogP contribution < -0.4 is 9.64 Å². The monoisotopic (exact) mass is 452 g/mol. The van der Waals surface area contributed by atoms with Crippen LogP contribution in [0.5, 0.6) is 5.75 Å². The lowest BCUT2D eigenvalue weighted by molar-refractivity contribution is -0.123. The fraction of sp³-hybridized carbons (Fsp3) is 0.238. The van der Waals surface area contributed by atoms with Crippen LogP contribution in [0, 0.1) is 0 Å². The molecule has 1 aromatic heterocycles.